The summed E-state index contributed by atoms with van der Waals surface area (Å²) in [7, 11) is -2.43. The third kappa shape index (κ3) is 6.52. The molecule has 124 valence electrons. The first-order chi connectivity index (χ1) is 10.3. The molecule has 0 amide bonds. The first-order valence-electron chi connectivity index (χ1n) is 6.59. The van der Waals surface area contributed by atoms with Gasteiger partial charge in [0.05, 0.1) is 18.1 Å². The van der Waals surface area contributed by atoms with Crippen molar-refractivity contribution < 1.29 is 31.6 Å². The molecule has 0 bridgehead atoms. The van der Waals surface area contributed by atoms with Crippen LogP contribution in [0.4, 0.5) is 0 Å². The van der Waals surface area contributed by atoms with Crippen molar-refractivity contribution in [1.82, 2.24) is 0 Å². The fourth-order valence-corrected chi connectivity index (χ4v) is 2.36. The van der Waals surface area contributed by atoms with Gasteiger partial charge >= 0.3 is 5.97 Å². The molecule has 0 radical (unpaired) electrons. The molecule has 0 aliphatic rings. The van der Waals surface area contributed by atoms with Crippen LogP contribution in [0.15, 0.2) is 29.2 Å². The Morgan fingerprint density at radius 1 is 1.18 bits per heavy atom. The van der Waals surface area contributed by atoms with Gasteiger partial charge < -0.3 is 14.2 Å². The predicted octanol–water partition coefficient (Wildman–Crippen LogP) is 1.25. The molecule has 7 nitrogen and oxygen atoms in total. The Balaban J connectivity index is 2.39. The van der Waals surface area contributed by atoms with Crippen molar-refractivity contribution in [2.24, 2.45) is 0 Å². The summed E-state index contributed by atoms with van der Waals surface area (Å²) in [6.45, 7) is 2.86. The molecule has 0 aromatic heterocycles. The van der Waals surface area contributed by atoms with Gasteiger partial charge in [0.15, 0.2) is 6.29 Å². The summed E-state index contributed by atoms with van der Waals surface area (Å²) in [5.41, 5.74) is 0.954. The first kappa shape index (κ1) is 18.6. The van der Waals surface area contributed by atoms with E-state index < -0.39 is 22.4 Å². The Bertz CT molecular complexity index is 565. The van der Waals surface area contributed by atoms with Gasteiger partial charge in [-0.05, 0) is 19.1 Å². The smallest absolute Gasteiger partial charge is 0.302 e. The van der Waals surface area contributed by atoms with Gasteiger partial charge in [-0.15, -0.1) is 0 Å². The van der Waals surface area contributed by atoms with Crippen LogP contribution in [0.25, 0.3) is 0 Å². The summed E-state index contributed by atoms with van der Waals surface area (Å²) in [6.07, 6.45) is -0.769. The highest BCUT2D eigenvalue weighted by Gasteiger charge is 2.15. The van der Waals surface area contributed by atoms with Gasteiger partial charge in [-0.3, -0.25) is 8.98 Å². The maximum Gasteiger partial charge on any atom is 0.302 e. The average Bonchev–Trinajstić information content (AvgIpc) is 2.46. The Morgan fingerprint density at radius 3 is 2.36 bits per heavy atom. The van der Waals surface area contributed by atoms with Gasteiger partial charge in [0.1, 0.15) is 6.61 Å². The largest absolute Gasteiger partial charge is 0.460 e. The van der Waals surface area contributed by atoms with Crippen molar-refractivity contribution in [2.75, 3.05) is 26.9 Å². The van der Waals surface area contributed by atoms with E-state index in [1.807, 2.05) is 6.92 Å². The number of aryl methyl sites for hydroxylation is 1. The summed E-state index contributed by atoms with van der Waals surface area (Å²) in [6, 6.07) is 6.33. The van der Waals surface area contributed by atoms with E-state index in [2.05, 4.69) is 0 Å². The minimum atomic E-state index is -3.81. The van der Waals surface area contributed by atoms with E-state index in [0.717, 1.165) is 5.56 Å². The molecule has 22 heavy (non-hydrogen) atoms. The molecule has 1 atom stereocenters. The maximum absolute atomic E-state index is 11.9. The molecule has 1 aromatic carbocycles. The van der Waals surface area contributed by atoms with Gasteiger partial charge in [-0.2, -0.15) is 8.42 Å². The zero-order valence-electron chi connectivity index (χ0n) is 12.8. The lowest BCUT2D eigenvalue weighted by molar-refractivity contribution is -0.173. The molecule has 0 N–H and O–H groups in total. The standard InChI is InChI=1S/C14H20O7S/c1-11-4-6-13(7-5-11)22(16,17)21-9-8-19-14(18-3)10-20-12(2)15/h4-7,14H,8-10H2,1-3H3/t14-/m0/s1. The van der Waals surface area contributed by atoms with Crippen molar-refractivity contribution in [3.05, 3.63) is 29.8 Å². The van der Waals surface area contributed by atoms with Crippen LogP contribution in [0.1, 0.15) is 12.5 Å². The Labute approximate surface area is 130 Å². The van der Waals surface area contributed by atoms with Gasteiger partial charge in [0.25, 0.3) is 10.1 Å². The van der Waals surface area contributed by atoms with Crippen LogP contribution < -0.4 is 0 Å². The van der Waals surface area contributed by atoms with Crippen LogP contribution in [0, 0.1) is 6.92 Å². The van der Waals surface area contributed by atoms with Crippen molar-refractivity contribution in [3.63, 3.8) is 0 Å². The molecule has 0 aliphatic heterocycles. The van der Waals surface area contributed by atoms with Crippen LogP contribution in [0.5, 0.6) is 0 Å². The number of ether oxygens (including phenoxy) is 3. The Kier molecular flexibility index (Phi) is 7.46. The molecule has 0 spiro atoms. The molecule has 1 rings (SSSR count). The van der Waals surface area contributed by atoms with Crippen LogP contribution in [-0.4, -0.2) is 47.6 Å². The number of benzene rings is 1. The minimum Gasteiger partial charge on any atom is -0.460 e. The number of hydrogen-bond donors (Lipinski definition) is 0. The van der Waals surface area contributed by atoms with E-state index in [9.17, 15) is 13.2 Å². The highest BCUT2D eigenvalue weighted by atomic mass is 32.2. The van der Waals surface area contributed by atoms with E-state index in [4.69, 9.17) is 18.4 Å². The van der Waals surface area contributed by atoms with Gasteiger partial charge in [-0.1, -0.05) is 17.7 Å². The SMILES string of the molecule is CO[C@H](COC(C)=O)OCCOS(=O)(=O)c1ccc(C)cc1. The lowest BCUT2D eigenvalue weighted by Gasteiger charge is -2.15. The molecule has 0 heterocycles. The quantitative estimate of drug-likeness (QED) is 0.291. The summed E-state index contributed by atoms with van der Waals surface area (Å²) >= 11 is 0. The second-order valence-corrected chi connectivity index (χ2v) is 6.04. The van der Waals surface area contributed by atoms with E-state index in [0.29, 0.717) is 0 Å². The summed E-state index contributed by atoms with van der Waals surface area (Å²) in [4.78, 5) is 10.8. The number of methoxy groups -OCH3 is 1. The predicted molar refractivity (Wildman–Crippen MR) is 77.7 cm³/mol. The fraction of sp³-hybridized carbons (Fsp3) is 0.500. The lowest BCUT2D eigenvalue weighted by atomic mass is 10.2. The third-order valence-corrected chi connectivity index (χ3v) is 3.95. The second-order valence-electron chi connectivity index (χ2n) is 4.43. The minimum absolute atomic E-state index is 0.0230. The summed E-state index contributed by atoms with van der Waals surface area (Å²) in [5.74, 6) is -0.455. The van der Waals surface area contributed by atoms with E-state index in [1.165, 1.54) is 26.2 Å². The van der Waals surface area contributed by atoms with Gasteiger partial charge in [0, 0.05) is 14.0 Å². The zero-order chi connectivity index (χ0) is 16.6. The number of carbonyl (C=O) groups is 1. The molecular formula is C14H20O7S. The number of rotatable bonds is 9. The highest BCUT2D eigenvalue weighted by Crippen LogP contribution is 2.13. The Morgan fingerprint density at radius 2 is 1.82 bits per heavy atom. The van der Waals surface area contributed by atoms with E-state index in [1.54, 1.807) is 12.1 Å². The average molecular weight is 332 g/mol. The molecule has 8 heteroatoms. The topological polar surface area (TPSA) is 88.1 Å². The molecular weight excluding hydrogens is 312 g/mol. The number of carbonyl (C=O) groups excluding carboxylic acids is 1. The normalized spacial score (nSPS) is 12.9. The monoisotopic (exact) mass is 332 g/mol. The molecule has 1 aromatic rings. The van der Waals surface area contributed by atoms with Crippen LogP contribution in [0.3, 0.4) is 0 Å². The Hall–Kier alpha value is -1.48. The lowest BCUT2D eigenvalue weighted by Crippen LogP contribution is -2.25. The number of esters is 1. The molecule has 0 saturated carbocycles. The van der Waals surface area contributed by atoms with Gasteiger partial charge in [-0.25, -0.2) is 0 Å². The van der Waals surface area contributed by atoms with Gasteiger partial charge in [0.2, 0.25) is 0 Å². The van der Waals surface area contributed by atoms with Crippen LogP contribution in [0.2, 0.25) is 0 Å². The molecule has 0 fully saturated rings. The van der Waals surface area contributed by atoms with Crippen molar-refractivity contribution in [1.29, 1.82) is 0 Å². The molecule has 0 unspecified atom stereocenters. The van der Waals surface area contributed by atoms with Crippen LogP contribution in [-0.2, 0) is 33.3 Å². The van der Waals surface area contributed by atoms with E-state index in [-0.39, 0.29) is 24.7 Å². The summed E-state index contributed by atoms with van der Waals surface area (Å²) in [5, 5.41) is 0. The zero-order valence-corrected chi connectivity index (χ0v) is 13.6. The summed E-state index contributed by atoms with van der Waals surface area (Å²) < 4.78 is 43.5. The number of hydrogen-bond acceptors (Lipinski definition) is 7. The first-order valence-corrected chi connectivity index (χ1v) is 8.00. The third-order valence-electron chi connectivity index (χ3n) is 2.62. The maximum atomic E-state index is 11.9. The van der Waals surface area contributed by atoms with Crippen molar-refractivity contribution in [2.45, 2.75) is 25.0 Å². The van der Waals surface area contributed by atoms with Crippen LogP contribution >= 0.6 is 0 Å². The molecule has 0 aliphatic carbocycles. The highest BCUT2D eigenvalue weighted by molar-refractivity contribution is 7.86. The van der Waals surface area contributed by atoms with E-state index >= 15 is 0 Å². The molecule has 0 saturated heterocycles. The fourth-order valence-electron chi connectivity index (χ4n) is 1.47. The van der Waals surface area contributed by atoms with Crippen molar-refractivity contribution in [3.8, 4) is 0 Å². The van der Waals surface area contributed by atoms with Crippen molar-refractivity contribution >= 4 is 16.1 Å². The second kappa shape index (κ2) is 8.84.